The van der Waals surface area contributed by atoms with E-state index >= 15 is 0 Å². The lowest BCUT2D eigenvalue weighted by atomic mass is 10.0. The van der Waals surface area contributed by atoms with Gasteiger partial charge in [0.25, 0.3) is 7.82 Å². The van der Waals surface area contributed by atoms with Crippen LogP contribution in [0.2, 0.25) is 0 Å². The quantitative estimate of drug-likeness (QED) is 0.0272. The predicted octanol–water partition coefficient (Wildman–Crippen LogP) is 21.6. The average molecular weight is 1180 g/mol. The molecule has 0 bridgehead atoms. The fraction of sp³-hybridized carbons (Fsp3) is 0.743. The molecule has 0 radical (unpaired) electrons. The molecule has 0 heterocycles. The largest absolute Gasteiger partial charge is 0.756 e. The van der Waals surface area contributed by atoms with Crippen LogP contribution in [0.25, 0.3) is 0 Å². The summed E-state index contributed by atoms with van der Waals surface area (Å²) in [5.41, 5.74) is 0. The highest BCUT2D eigenvalue weighted by atomic mass is 31.2. The Balaban J connectivity index is 4.10. The number of carbonyl (C=O) groups is 1. The van der Waals surface area contributed by atoms with Crippen molar-refractivity contribution in [2.75, 3.05) is 40.9 Å². The molecule has 0 saturated heterocycles. The summed E-state index contributed by atoms with van der Waals surface area (Å²) in [5.74, 6) is -0.200. The molecule has 0 aromatic heterocycles. The number of hydrogen-bond acceptors (Lipinski definition) is 6. The fourth-order valence-electron chi connectivity index (χ4n) is 9.88. The summed E-state index contributed by atoms with van der Waals surface area (Å²) in [6, 6.07) is -0.895. The van der Waals surface area contributed by atoms with Gasteiger partial charge in [0.2, 0.25) is 5.91 Å². The highest BCUT2D eigenvalue weighted by Gasteiger charge is 2.23. The van der Waals surface area contributed by atoms with Gasteiger partial charge in [0.15, 0.2) is 0 Å². The molecule has 0 spiro atoms. The van der Waals surface area contributed by atoms with Crippen LogP contribution in [-0.4, -0.2) is 68.5 Å². The number of nitrogens with zero attached hydrogens (tertiary/aromatic N) is 1. The molecule has 0 aliphatic heterocycles. The Morgan fingerprint density at radius 1 is 0.434 bits per heavy atom. The Morgan fingerprint density at radius 3 is 1.07 bits per heavy atom. The lowest BCUT2D eigenvalue weighted by Gasteiger charge is -2.29. The molecule has 3 unspecified atom stereocenters. The summed E-state index contributed by atoms with van der Waals surface area (Å²) in [6.45, 7) is 4.56. The number of allylic oxidation sites excluding steroid dienone is 17. The van der Waals surface area contributed by atoms with E-state index in [0.29, 0.717) is 17.4 Å². The third-order valence-corrected chi connectivity index (χ3v) is 16.2. The molecule has 83 heavy (non-hydrogen) atoms. The van der Waals surface area contributed by atoms with Crippen molar-refractivity contribution < 1.29 is 32.9 Å². The number of phosphoric ester groups is 1. The van der Waals surface area contributed by atoms with Gasteiger partial charge in [-0.25, -0.2) is 0 Å². The van der Waals surface area contributed by atoms with Crippen molar-refractivity contribution >= 4 is 13.7 Å². The van der Waals surface area contributed by atoms with Gasteiger partial charge in [-0.3, -0.25) is 9.36 Å². The number of unbranched alkanes of at least 4 members (excludes halogenated alkanes) is 34. The average Bonchev–Trinajstić information content (AvgIpc) is 3.50. The monoisotopic (exact) mass is 1180 g/mol. The summed E-state index contributed by atoms with van der Waals surface area (Å²) in [5, 5.41) is 14.0. The SMILES string of the molecule is CC/C=C\C/C=C\C/C=C\C/C=C\C/C=C\C/C=C\C/C=C\C/C=C\CCCCCCCCCCCCCCC(=O)NC(COP(=O)([O-])OCC[N+](C)(C)C)C(O)/C=C/CCCCCCCCCCCCCCCCCCCCCCCC. The Morgan fingerprint density at radius 2 is 0.735 bits per heavy atom. The van der Waals surface area contributed by atoms with Gasteiger partial charge < -0.3 is 28.8 Å². The van der Waals surface area contributed by atoms with Crippen LogP contribution in [0.1, 0.15) is 303 Å². The molecule has 0 aromatic rings. The zero-order valence-corrected chi connectivity index (χ0v) is 55.8. The lowest BCUT2D eigenvalue weighted by molar-refractivity contribution is -0.870. The number of phosphoric acid groups is 1. The molecule has 8 nitrogen and oxygen atoms in total. The number of hydrogen-bond donors (Lipinski definition) is 2. The summed E-state index contributed by atoms with van der Waals surface area (Å²) in [6.07, 6.45) is 93.4. The van der Waals surface area contributed by atoms with Gasteiger partial charge in [0, 0.05) is 6.42 Å². The summed E-state index contributed by atoms with van der Waals surface area (Å²) >= 11 is 0. The minimum absolute atomic E-state index is 0.00485. The van der Waals surface area contributed by atoms with Crippen molar-refractivity contribution in [1.82, 2.24) is 5.32 Å². The Labute approximate surface area is 514 Å². The van der Waals surface area contributed by atoms with E-state index in [-0.39, 0.29) is 19.1 Å². The van der Waals surface area contributed by atoms with Crippen molar-refractivity contribution in [3.63, 3.8) is 0 Å². The molecule has 1 amide bonds. The first-order chi connectivity index (χ1) is 40.5. The first-order valence-corrected chi connectivity index (χ1v) is 36.2. The second-order valence-electron chi connectivity index (χ2n) is 24.5. The van der Waals surface area contributed by atoms with Crippen LogP contribution in [0.3, 0.4) is 0 Å². The van der Waals surface area contributed by atoms with Gasteiger partial charge in [-0.2, -0.15) is 0 Å². The zero-order chi connectivity index (χ0) is 60.5. The van der Waals surface area contributed by atoms with Crippen molar-refractivity contribution in [3.8, 4) is 0 Å². The summed E-state index contributed by atoms with van der Waals surface area (Å²) < 4.78 is 23.5. The molecule has 0 fully saturated rings. The van der Waals surface area contributed by atoms with Crippen LogP contribution >= 0.6 is 7.82 Å². The van der Waals surface area contributed by atoms with Crippen molar-refractivity contribution in [2.45, 2.75) is 315 Å². The first-order valence-electron chi connectivity index (χ1n) is 34.7. The molecule has 2 N–H and O–H groups in total. The third kappa shape index (κ3) is 66.5. The Bertz CT molecular complexity index is 1720. The van der Waals surface area contributed by atoms with Crippen molar-refractivity contribution in [1.29, 1.82) is 0 Å². The number of rotatable bonds is 63. The van der Waals surface area contributed by atoms with Crippen LogP contribution in [-0.2, 0) is 18.4 Å². The standard InChI is InChI=1S/C74H133N2O6P/c1-6-8-10-12-14-16-18-20-22-24-26-28-30-32-33-34-35-36-37-38-39-40-41-42-43-44-46-48-50-52-54-56-58-60-62-64-66-68-74(78)75-72(71-82-83(79,80)81-70-69-76(3,4)5)73(77)67-65-63-61-59-57-55-53-51-49-47-45-31-29-27-25-23-21-19-17-15-13-11-9-7-2/h8,10,14,16,20,22,26,28,32-33,35-36,38-39,41-42,65,67,72-73,77H,6-7,9,11-13,15,17-19,21,23-25,27,29-31,34,37,40,43-64,66,68-71H2,1-5H3,(H-,75,78,79,80)/b10-8-,16-14-,22-20-,28-26-,33-32-,36-35-,39-38-,42-41-,67-65+. The predicted molar refractivity (Wildman–Crippen MR) is 362 cm³/mol. The highest BCUT2D eigenvalue weighted by Crippen LogP contribution is 2.38. The fourth-order valence-corrected chi connectivity index (χ4v) is 10.6. The van der Waals surface area contributed by atoms with Crippen LogP contribution in [0.15, 0.2) is 109 Å². The number of carbonyl (C=O) groups excluding carboxylic acids is 1. The third-order valence-electron chi connectivity index (χ3n) is 15.2. The molecular formula is C74H133N2O6P. The maximum absolute atomic E-state index is 13.0. The topological polar surface area (TPSA) is 108 Å². The van der Waals surface area contributed by atoms with Gasteiger partial charge in [0.1, 0.15) is 13.2 Å². The van der Waals surface area contributed by atoms with Crippen LogP contribution < -0.4 is 10.2 Å². The number of quaternary nitrogens is 1. The molecule has 0 aliphatic carbocycles. The summed E-state index contributed by atoms with van der Waals surface area (Å²) in [4.78, 5) is 25.6. The molecule has 9 heteroatoms. The normalized spacial score (nSPS) is 14.3. The summed E-state index contributed by atoms with van der Waals surface area (Å²) in [7, 11) is 1.26. The maximum Gasteiger partial charge on any atom is 0.268 e. The van der Waals surface area contributed by atoms with Gasteiger partial charge >= 0.3 is 0 Å². The van der Waals surface area contributed by atoms with Gasteiger partial charge in [-0.15, -0.1) is 0 Å². The van der Waals surface area contributed by atoms with Gasteiger partial charge in [-0.1, -0.05) is 322 Å². The Hall–Kier alpha value is -2.84. The van der Waals surface area contributed by atoms with Crippen LogP contribution in [0.5, 0.6) is 0 Å². The van der Waals surface area contributed by atoms with E-state index in [4.69, 9.17) is 9.05 Å². The van der Waals surface area contributed by atoms with E-state index in [9.17, 15) is 19.4 Å². The maximum atomic E-state index is 13.0. The molecule has 3 atom stereocenters. The zero-order valence-electron chi connectivity index (χ0n) is 54.9. The van der Waals surface area contributed by atoms with Gasteiger partial charge in [-0.05, 0) is 83.5 Å². The minimum atomic E-state index is -4.61. The Kier molecular flexibility index (Phi) is 61.5. The first kappa shape index (κ1) is 80.2. The highest BCUT2D eigenvalue weighted by molar-refractivity contribution is 7.45. The lowest BCUT2D eigenvalue weighted by Crippen LogP contribution is -2.45. The second kappa shape index (κ2) is 63.7. The minimum Gasteiger partial charge on any atom is -0.756 e. The van der Waals surface area contributed by atoms with Crippen LogP contribution in [0, 0.1) is 0 Å². The number of nitrogens with one attached hydrogen (secondary N) is 1. The molecule has 0 saturated carbocycles. The van der Waals surface area contributed by atoms with E-state index in [1.54, 1.807) is 6.08 Å². The van der Waals surface area contributed by atoms with Crippen molar-refractivity contribution in [2.24, 2.45) is 0 Å². The number of likely N-dealkylation sites (N-methyl/N-ethyl adjacent to an activating group) is 1. The van der Waals surface area contributed by atoms with Crippen molar-refractivity contribution in [3.05, 3.63) is 109 Å². The smallest absolute Gasteiger partial charge is 0.268 e. The van der Waals surface area contributed by atoms with Crippen LogP contribution in [0.4, 0.5) is 0 Å². The molecular weight excluding hydrogens is 1040 g/mol. The number of amides is 1. The number of aliphatic hydroxyl groups is 1. The van der Waals surface area contributed by atoms with E-state index in [1.165, 1.54) is 193 Å². The van der Waals surface area contributed by atoms with E-state index in [1.807, 2.05) is 27.2 Å². The second-order valence-corrected chi connectivity index (χ2v) is 25.9. The van der Waals surface area contributed by atoms with E-state index < -0.39 is 20.0 Å². The number of aliphatic hydroxyl groups excluding tert-OH is 1. The molecule has 480 valence electrons. The van der Waals surface area contributed by atoms with E-state index in [0.717, 1.165) is 89.9 Å². The molecule has 0 aromatic carbocycles. The molecule has 0 aliphatic rings. The van der Waals surface area contributed by atoms with Gasteiger partial charge in [0.05, 0.1) is 39.9 Å². The molecule has 0 rings (SSSR count). The van der Waals surface area contributed by atoms with E-state index in [2.05, 4.69) is 116 Å².